The van der Waals surface area contributed by atoms with E-state index in [9.17, 15) is 28.8 Å². The van der Waals surface area contributed by atoms with Crippen LogP contribution in [0.5, 0.6) is 0 Å². The van der Waals surface area contributed by atoms with Crippen molar-refractivity contribution in [2.24, 2.45) is 5.41 Å². The number of carboxylic acids is 3. The predicted molar refractivity (Wildman–Crippen MR) is 65.2 cm³/mol. The zero-order chi connectivity index (χ0) is 16.8. The summed E-state index contributed by atoms with van der Waals surface area (Å²) in [6.07, 6.45) is -0.890. The molecule has 0 radical (unpaired) electrons. The van der Waals surface area contributed by atoms with E-state index in [1.54, 1.807) is 5.09 Å². The van der Waals surface area contributed by atoms with Crippen molar-refractivity contribution in [3.05, 3.63) is 0 Å². The van der Waals surface area contributed by atoms with Crippen LogP contribution >= 0.6 is 8.88 Å². The molecule has 2 amide bonds. The number of ketones is 1. The Bertz CT molecular complexity index is 479. The Labute approximate surface area is 118 Å². The van der Waals surface area contributed by atoms with Crippen LogP contribution in [0.2, 0.25) is 0 Å². The summed E-state index contributed by atoms with van der Waals surface area (Å²) in [5.74, 6) is -9.85. The Balaban J connectivity index is 4.92. The Morgan fingerprint density at radius 3 is 1.76 bits per heavy atom. The molecule has 0 aliphatic heterocycles. The highest BCUT2D eigenvalue weighted by molar-refractivity contribution is 7.35. The maximum atomic E-state index is 11.6. The van der Waals surface area contributed by atoms with E-state index >= 15 is 0 Å². The molecule has 1 unspecified atom stereocenters. The summed E-state index contributed by atoms with van der Waals surface area (Å²) >= 11 is 0. The molecule has 11 nitrogen and oxygen atoms in total. The molecule has 0 aromatic rings. The summed E-state index contributed by atoms with van der Waals surface area (Å²) in [5.41, 5.74) is -3.33. The number of aliphatic carboxylic acids is 3. The molecular formula is C9H11N2O9P. The van der Waals surface area contributed by atoms with E-state index in [1.807, 2.05) is 5.09 Å². The zero-order valence-corrected chi connectivity index (χ0v) is 11.5. The van der Waals surface area contributed by atoms with Crippen LogP contribution in [0.4, 0.5) is 0 Å². The lowest BCUT2D eigenvalue weighted by Gasteiger charge is -2.20. The first-order valence-electron chi connectivity index (χ1n) is 5.10. The van der Waals surface area contributed by atoms with Gasteiger partial charge in [-0.15, -0.1) is 0 Å². The molecule has 0 aromatic heterocycles. The van der Waals surface area contributed by atoms with Gasteiger partial charge in [0, 0.05) is 0 Å². The first-order valence-corrected chi connectivity index (χ1v) is 6.10. The molecule has 0 bridgehead atoms. The van der Waals surface area contributed by atoms with E-state index in [2.05, 4.69) is 0 Å². The zero-order valence-electron chi connectivity index (χ0n) is 10.5. The van der Waals surface area contributed by atoms with Crippen molar-refractivity contribution in [1.82, 2.24) is 10.2 Å². The molecule has 0 aliphatic carbocycles. The van der Waals surface area contributed by atoms with Crippen LogP contribution in [0.15, 0.2) is 0 Å². The van der Waals surface area contributed by atoms with Gasteiger partial charge in [0.25, 0.3) is 11.3 Å². The first-order chi connectivity index (χ1) is 9.56. The molecule has 0 saturated carbocycles. The van der Waals surface area contributed by atoms with Crippen molar-refractivity contribution in [2.45, 2.75) is 13.3 Å². The largest absolute Gasteiger partial charge is 0.481 e. The number of carbonyl (C=O) groups excluding carboxylic acids is 3. The maximum absolute atomic E-state index is 11.6. The average Bonchev–Trinajstić information content (AvgIpc) is 2.26. The summed E-state index contributed by atoms with van der Waals surface area (Å²) in [6.45, 7) is 0.619. The summed E-state index contributed by atoms with van der Waals surface area (Å²) < 4.78 is 0. The molecule has 0 aromatic carbocycles. The van der Waals surface area contributed by atoms with Crippen LogP contribution in [0.3, 0.4) is 0 Å². The quantitative estimate of drug-likeness (QED) is 0.247. The fourth-order valence-corrected chi connectivity index (χ4v) is 1.77. The molecule has 116 valence electrons. The molecule has 12 heteroatoms. The number of carboxylic acid groups (broad SMARTS) is 3. The lowest BCUT2D eigenvalue weighted by molar-refractivity contribution is -0.170. The second kappa shape index (κ2) is 7.29. The Morgan fingerprint density at radius 1 is 0.952 bits per heavy atom. The van der Waals surface area contributed by atoms with Gasteiger partial charge in [-0.3, -0.25) is 19.2 Å². The highest BCUT2D eigenvalue weighted by atomic mass is 31.1. The van der Waals surface area contributed by atoms with Gasteiger partial charge in [0.2, 0.25) is 5.91 Å². The van der Waals surface area contributed by atoms with Gasteiger partial charge in [-0.25, -0.2) is 9.59 Å². The minimum Gasteiger partial charge on any atom is -0.481 e. The summed E-state index contributed by atoms with van der Waals surface area (Å²) in [6, 6.07) is 0. The van der Waals surface area contributed by atoms with Crippen LogP contribution in [0.1, 0.15) is 13.3 Å². The smallest absolute Gasteiger partial charge is 0.338 e. The van der Waals surface area contributed by atoms with E-state index in [-0.39, 0.29) is 0 Å². The summed E-state index contributed by atoms with van der Waals surface area (Å²) in [4.78, 5) is 66.0. The van der Waals surface area contributed by atoms with E-state index in [4.69, 9.17) is 15.3 Å². The lowest BCUT2D eigenvalue weighted by atomic mass is 9.83. The van der Waals surface area contributed by atoms with Gasteiger partial charge in [-0.2, -0.15) is 0 Å². The molecule has 0 aliphatic rings. The average molecular weight is 322 g/mol. The van der Waals surface area contributed by atoms with Crippen LogP contribution in [0.25, 0.3) is 0 Å². The highest BCUT2D eigenvalue weighted by Crippen LogP contribution is 2.22. The van der Waals surface area contributed by atoms with Gasteiger partial charge in [-0.05, 0) is 6.92 Å². The molecule has 21 heavy (non-hydrogen) atoms. The second-order valence-corrected chi connectivity index (χ2v) is 4.36. The fourth-order valence-electron chi connectivity index (χ4n) is 1.18. The predicted octanol–water partition coefficient (Wildman–Crippen LogP) is -2.05. The van der Waals surface area contributed by atoms with Crippen LogP contribution in [-0.2, 0) is 28.8 Å². The second-order valence-electron chi connectivity index (χ2n) is 3.61. The Morgan fingerprint density at radius 2 is 1.43 bits per heavy atom. The van der Waals surface area contributed by atoms with E-state index < -0.39 is 56.2 Å². The van der Waals surface area contributed by atoms with Crippen molar-refractivity contribution in [1.29, 1.82) is 0 Å². The molecule has 0 saturated heterocycles. The van der Waals surface area contributed by atoms with Gasteiger partial charge >= 0.3 is 17.9 Å². The number of Topliss-reactive ketones (excluding diaryl/α,β-unsaturated/α-hetero) is 1. The van der Waals surface area contributed by atoms with Crippen LogP contribution < -0.4 is 10.2 Å². The van der Waals surface area contributed by atoms with Gasteiger partial charge < -0.3 is 25.5 Å². The SMILES string of the molecule is CC(=O)C(C(=O)O)(C(=O)O)C(=O)NPNC(=O)CC(=O)O. The highest BCUT2D eigenvalue weighted by Gasteiger charge is 2.58. The standard InChI is InChI=1S/C9H11N2O9P/c1-3(12)9(7(17)18,8(19)20)6(16)11-21-10-4(13)2-5(14)15/h21H,2H2,1H3,(H,10,13)(H,11,16)(H,14,15)(H,17,18)(H,19,20). The third-order valence-electron chi connectivity index (χ3n) is 2.20. The maximum Gasteiger partial charge on any atom is 0.338 e. The number of rotatable bonds is 8. The lowest BCUT2D eigenvalue weighted by Crippen LogP contribution is -2.55. The van der Waals surface area contributed by atoms with Crippen LogP contribution in [0, 0.1) is 5.41 Å². The molecule has 1 atom stereocenters. The third-order valence-corrected chi connectivity index (χ3v) is 2.96. The topological polar surface area (TPSA) is 187 Å². The molecule has 0 heterocycles. The minimum absolute atomic E-state index is 0.619. The van der Waals surface area contributed by atoms with Gasteiger partial charge in [0.05, 0.1) is 8.88 Å². The monoisotopic (exact) mass is 322 g/mol. The summed E-state index contributed by atoms with van der Waals surface area (Å²) in [7, 11) is -0.997. The number of amides is 2. The Hall–Kier alpha value is -2.55. The minimum atomic E-state index is -3.33. The molecule has 5 N–H and O–H groups in total. The number of carbonyl (C=O) groups is 6. The normalized spacial score (nSPS) is 10.9. The van der Waals surface area contributed by atoms with Gasteiger partial charge in [0.15, 0.2) is 5.78 Å². The third kappa shape index (κ3) is 4.21. The van der Waals surface area contributed by atoms with Crippen molar-refractivity contribution >= 4 is 44.4 Å². The molecule has 0 fully saturated rings. The number of hydrogen-bond donors (Lipinski definition) is 5. The van der Waals surface area contributed by atoms with E-state index in [0.29, 0.717) is 6.92 Å². The number of nitrogens with one attached hydrogen (secondary N) is 2. The fraction of sp³-hybridized carbons (Fsp3) is 0.333. The van der Waals surface area contributed by atoms with Crippen LogP contribution in [-0.4, -0.2) is 50.8 Å². The molecular weight excluding hydrogens is 311 g/mol. The van der Waals surface area contributed by atoms with Crippen molar-refractivity contribution in [2.75, 3.05) is 0 Å². The molecule has 0 spiro atoms. The molecule has 0 rings (SSSR count). The summed E-state index contributed by atoms with van der Waals surface area (Å²) in [5, 5.41) is 29.6. The first kappa shape index (κ1) is 18.4. The van der Waals surface area contributed by atoms with E-state index in [1.165, 1.54) is 0 Å². The number of hydrogen-bond acceptors (Lipinski definition) is 6. The van der Waals surface area contributed by atoms with E-state index in [0.717, 1.165) is 0 Å². The van der Waals surface area contributed by atoms with Crippen molar-refractivity contribution < 1.29 is 44.1 Å². The van der Waals surface area contributed by atoms with Gasteiger partial charge in [0.1, 0.15) is 6.42 Å². The van der Waals surface area contributed by atoms with Crippen molar-refractivity contribution in [3.8, 4) is 0 Å². The van der Waals surface area contributed by atoms with Gasteiger partial charge in [-0.1, -0.05) is 0 Å². The Kier molecular flexibility index (Phi) is 6.41. The van der Waals surface area contributed by atoms with Crippen molar-refractivity contribution in [3.63, 3.8) is 0 Å².